The van der Waals surface area contributed by atoms with Crippen molar-refractivity contribution in [2.75, 3.05) is 13.1 Å². The minimum atomic E-state index is -0.0281. The molecule has 2 unspecified atom stereocenters. The molecule has 1 saturated heterocycles. The molecule has 1 aliphatic heterocycles. The number of rotatable bonds is 3. The number of fused-ring (bicyclic) bond motifs is 1. The Kier molecular flexibility index (Phi) is 5.50. The molecule has 2 atom stereocenters. The molecule has 2 aliphatic rings. The maximum absolute atomic E-state index is 13.1. The third kappa shape index (κ3) is 3.90. The summed E-state index contributed by atoms with van der Waals surface area (Å²) < 4.78 is 1.96. The van der Waals surface area contributed by atoms with E-state index in [1.165, 1.54) is 12.1 Å². The van der Waals surface area contributed by atoms with E-state index in [-0.39, 0.29) is 11.9 Å². The van der Waals surface area contributed by atoms with Crippen LogP contribution >= 0.6 is 11.6 Å². The summed E-state index contributed by atoms with van der Waals surface area (Å²) in [6.07, 6.45) is 6.30. The van der Waals surface area contributed by atoms with Crippen LogP contribution in [0, 0.1) is 5.92 Å². The Hall–Kier alpha value is -1.85. The minimum absolute atomic E-state index is 0.0281. The molecule has 1 aliphatic carbocycles. The highest BCUT2D eigenvalue weighted by atomic mass is 35.5. The number of nitrogens with zero attached hydrogens (tertiary/aromatic N) is 2. The Labute approximate surface area is 165 Å². The van der Waals surface area contributed by atoms with Gasteiger partial charge in [-0.2, -0.15) is 5.10 Å². The van der Waals surface area contributed by atoms with Crippen LogP contribution in [-0.4, -0.2) is 34.8 Å². The molecular weight excluding hydrogens is 360 g/mol. The van der Waals surface area contributed by atoms with Crippen molar-refractivity contribution in [3.63, 3.8) is 0 Å². The van der Waals surface area contributed by atoms with E-state index >= 15 is 0 Å². The molecule has 6 heteroatoms. The zero-order valence-corrected chi connectivity index (χ0v) is 16.6. The molecule has 0 radical (unpaired) electrons. The summed E-state index contributed by atoms with van der Waals surface area (Å²) in [5.41, 5.74) is 3.87. The predicted molar refractivity (Wildman–Crippen MR) is 108 cm³/mol. The van der Waals surface area contributed by atoms with Crippen LogP contribution in [0.4, 0.5) is 0 Å². The number of amides is 1. The van der Waals surface area contributed by atoms with Crippen LogP contribution in [0.2, 0.25) is 5.02 Å². The molecular formula is C21H27ClN4O. The van der Waals surface area contributed by atoms with Crippen molar-refractivity contribution in [2.45, 2.75) is 51.5 Å². The van der Waals surface area contributed by atoms with Gasteiger partial charge < -0.3 is 10.6 Å². The number of carbonyl (C=O) groups is 1. The van der Waals surface area contributed by atoms with Crippen molar-refractivity contribution in [2.24, 2.45) is 5.92 Å². The molecule has 0 saturated carbocycles. The molecule has 2 heterocycles. The van der Waals surface area contributed by atoms with E-state index in [0.29, 0.717) is 16.6 Å². The van der Waals surface area contributed by atoms with Crippen LogP contribution in [0.1, 0.15) is 54.4 Å². The largest absolute Gasteiger partial charge is 0.348 e. The summed E-state index contributed by atoms with van der Waals surface area (Å²) in [5.74, 6) is 0.402. The van der Waals surface area contributed by atoms with Gasteiger partial charge in [-0.3, -0.25) is 4.79 Å². The molecule has 0 spiro atoms. The van der Waals surface area contributed by atoms with E-state index in [1.807, 2.05) is 28.9 Å². The zero-order chi connectivity index (χ0) is 18.8. The van der Waals surface area contributed by atoms with Crippen molar-refractivity contribution < 1.29 is 4.79 Å². The Balaban J connectivity index is 1.67. The van der Waals surface area contributed by atoms with Gasteiger partial charge in [0.2, 0.25) is 0 Å². The van der Waals surface area contributed by atoms with E-state index in [4.69, 9.17) is 16.7 Å². The van der Waals surface area contributed by atoms with E-state index < -0.39 is 0 Å². The number of nitrogens with one attached hydrogen (secondary N) is 2. The van der Waals surface area contributed by atoms with Crippen LogP contribution in [0.3, 0.4) is 0 Å². The van der Waals surface area contributed by atoms with Crippen LogP contribution in [0.25, 0.3) is 5.69 Å². The van der Waals surface area contributed by atoms with Gasteiger partial charge in [0.25, 0.3) is 5.91 Å². The molecule has 1 amide bonds. The number of aromatic nitrogens is 2. The lowest BCUT2D eigenvalue weighted by atomic mass is 9.95. The predicted octanol–water partition coefficient (Wildman–Crippen LogP) is 3.52. The first-order valence-corrected chi connectivity index (χ1v) is 10.4. The number of piperidine rings is 1. The maximum Gasteiger partial charge on any atom is 0.272 e. The summed E-state index contributed by atoms with van der Waals surface area (Å²) >= 11 is 6.05. The van der Waals surface area contributed by atoms with Gasteiger partial charge in [-0.25, -0.2) is 4.68 Å². The molecule has 5 nitrogen and oxygen atoms in total. The third-order valence-corrected chi connectivity index (χ3v) is 6.07. The van der Waals surface area contributed by atoms with Crippen molar-refractivity contribution >= 4 is 17.5 Å². The Bertz CT molecular complexity index is 814. The van der Waals surface area contributed by atoms with Crippen LogP contribution < -0.4 is 10.6 Å². The molecule has 2 N–H and O–H groups in total. The van der Waals surface area contributed by atoms with Gasteiger partial charge >= 0.3 is 0 Å². The van der Waals surface area contributed by atoms with E-state index in [2.05, 4.69) is 17.6 Å². The lowest BCUT2D eigenvalue weighted by molar-refractivity contribution is 0.0907. The smallest absolute Gasteiger partial charge is 0.272 e. The Morgan fingerprint density at radius 2 is 2.00 bits per heavy atom. The number of hydrogen-bond acceptors (Lipinski definition) is 3. The fraction of sp³-hybridized carbons (Fsp3) is 0.524. The number of halogens is 1. The van der Waals surface area contributed by atoms with Crippen molar-refractivity contribution in [3.05, 3.63) is 46.2 Å². The van der Waals surface area contributed by atoms with Gasteiger partial charge in [-0.15, -0.1) is 0 Å². The first kappa shape index (κ1) is 18.5. The van der Waals surface area contributed by atoms with Crippen LogP contribution in [0.5, 0.6) is 0 Å². The first-order chi connectivity index (χ1) is 13.1. The second-order valence-corrected chi connectivity index (χ2v) is 8.21. The summed E-state index contributed by atoms with van der Waals surface area (Å²) in [6.45, 7) is 4.08. The van der Waals surface area contributed by atoms with Gasteiger partial charge in [0.05, 0.1) is 5.69 Å². The quantitative estimate of drug-likeness (QED) is 0.793. The molecule has 27 heavy (non-hydrogen) atoms. The summed E-state index contributed by atoms with van der Waals surface area (Å²) in [7, 11) is 0. The average Bonchev–Trinajstić information content (AvgIpc) is 2.86. The van der Waals surface area contributed by atoms with Crippen LogP contribution in [-0.2, 0) is 12.8 Å². The maximum atomic E-state index is 13.1. The fourth-order valence-electron chi connectivity index (χ4n) is 4.22. The lowest BCUT2D eigenvalue weighted by Crippen LogP contribution is -2.48. The first-order valence-electron chi connectivity index (χ1n) is 10.0. The van der Waals surface area contributed by atoms with Crippen molar-refractivity contribution in [1.82, 2.24) is 20.4 Å². The second kappa shape index (κ2) is 8.03. The minimum Gasteiger partial charge on any atom is -0.348 e. The van der Waals surface area contributed by atoms with Crippen molar-refractivity contribution in [1.29, 1.82) is 0 Å². The second-order valence-electron chi connectivity index (χ2n) is 7.77. The van der Waals surface area contributed by atoms with Crippen molar-refractivity contribution in [3.8, 4) is 5.69 Å². The highest BCUT2D eigenvalue weighted by Gasteiger charge is 2.28. The fourth-order valence-corrected chi connectivity index (χ4v) is 4.35. The summed E-state index contributed by atoms with van der Waals surface area (Å²) in [5, 5.41) is 12.1. The van der Waals surface area contributed by atoms with E-state index in [0.717, 1.165) is 56.4 Å². The monoisotopic (exact) mass is 386 g/mol. The third-order valence-electron chi connectivity index (χ3n) is 5.82. The molecule has 2 aromatic rings. The van der Waals surface area contributed by atoms with Gasteiger partial charge in [0.1, 0.15) is 0 Å². The molecule has 4 rings (SSSR count). The number of hydrogen-bond donors (Lipinski definition) is 2. The molecule has 1 aromatic carbocycles. The molecule has 1 aromatic heterocycles. The standard InChI is InChI=1S/C21H27ClN4O/c1-14-13-23-12-11-18(14)24-21(27)20-17-5-3-2-4-6-19(17)26(25-20)16-9-7-15(22)8-10-16/h7-10,14,18,23H,2-6,11-13H2,1H3,(H,24,27). The van der Waals surface area contributed by atoms with Gasteiger partial charge in [-0.1, -0.05) is 24.9 Å². The Morgan fingerprint density at radius 3 is 2.78 bits per heavy atom. The number of carbonyl (C=O) groups excluding carboxylic acids is 1. The summed E-state index contributed by atoms with van der Waals surface area (Å²) in [4.78, 5) is 13.1. The lowest BCUT2D eigenvalue weighted by Gasteiger charge is -2.30. The van der Waals surface area contributed by atoms with E-state index in [9.17, 15) is 4.79 Å². The van der Waals surface area contributed by atoms with Gasteiger partial charge in [0.15, 0.2) is 5.69 Å². The topological polar surface area (TPSA) is 58.9 Å². The SMILES string of the molecule is CC1CNCCC1NC(=O)c1nn(-c2ccc(Cl)cc2)c2c1CCCCC2. The highest BCUT2D eigenvalue weighted by Crippen LogP contribution is 2.27. The number of benzene rings is 1. The Morgan fingerprint density at radius 1 is 1.22 bits per heavy atom. The molecule has 0 bridgehead atoms. The normalized spacial score (nSPS) is 22.7. The summed E-state index contributed by atoms with van der Waals surface area (Å²) in [6, 6.07) is 7.89. The van der Waals surface area contributed by atoms with Crippen LogP contribution in [0.15, 0.2) is 24.3 Å². The van der Waals surface area contributed by atoms with E-state index in [1.54, 1.807) is 0 Å². The van der Waals surface area contributed by atoms with Gasteiger partial charge in [-0.05, 0) is 75.4 Å². The highest BCUT2D eigenvalue weighted by molar-refractivity contribution is 6.30. The average molecular weight is 387 g/mol. The van der Waals surface area contributed by atoms with Gasteiger partial charge in [0, 0.05) is 22.3 Å². The molecule has 144 valence electrons. The molecule has 1 fully saturated rings. The zero-order valence-electron chi connectivity index (χ0n) is 15.8.